The van der Waals surface area contributed by atoms with Crippen LogP contribution in [0, 0.1) is 0 Å². The average molecular weight is 143 g/mol. The average Bonchev–Trinajstić information content (AvgIpc) is 1.81. The predicted octanol–water partition coefficient (Wildman–Crippen LogP) is 1.21. The van der Waals surface area contributed by atoms with Crippen LogP contribution in [0.25, 0.3) is 0 Å². The molecule has 0 unspecified atom stereocenters. The van der Waals surface area contributed by atoms with Crippen molar-refractivity contribution in [1.29, 1.82) is 0 Å². The van der Waals surface area contributed by atoms with Crippen molar-refractivity contribution >= 4 is 0 Å². The molecule has 1 nitrogen and oxygen atoms in total. The van der Waals surface area contributed by atoms with E-state index in [1.807, 2.05) is 0 Å². The second kappa shape index (κ2) is 1.59. The van der Waals surface area contributed by atoms with Crippen LogP contribution in [-0.4, -0.2) is 18.5 Å². The highest BCUT2D eigenvalue weighted by atomic mass is 19.3. The van der Waals surface area contributed by atoms with E-state index in [1.54, 1.807) is 0 Å². The molecular formula is C4H5F4N. The van der Waals surface area contributed by atoms with E-state index in [2.05, 4.69) is 0 Å². The molecule has 0 atom stereocenters. The fraction of sp³-hybridized carbons (Fsp3) is 1.00. The maximum absolute atomic E-state index is 11.9. The second-order valence-corrected chi connectivity index (χ2v) is 1.96. The fourth-order valence-electron chi connectivity index (χ4n) is 0.663. The Morgan fingerprint density at radius 1 is 1.11 bits per heavy atom. The van der Waals surface area contributed by atoms with Gasteiger partial charge in [-0.05, 0) is 0 Å². The van der Waals surface area contributed by atoms with E-state index < -0.39 is 18.4 Å². The van der Waals surface area contributed by atoms with Gasteiger partial charge in [-0.2, -0.15) is 17.6 Å². The van der Waals surface area contributed by atoms with Crippen LogP contribution >= 0.6 is 0 Å². The summed E-state index contributed by atoms with van der Waals surface area (Å²) < 4.78 is 47.5. The third-order valence-electron chi connectivity index (χ3n) is 1.25. The minimum absolute atomic E-state index is 0.319. The Balaban J connectivity index is 2.75. The molecule has 1 aliphatic heterocycles. The first kappa shape index (κ1) is 6.80. The van der Waals surface area contributed by atoms with Crippen molar-refractivity contribution in [2.45, 2.75) is 18.4 Å². The van der Waals surface area contributed by atoms with Crippen molar-refractivity contribution < 1.29 is 17.6 Å². The molecule has 9 heavy (non-hydrogen) atoms. The number of halogens is 4. The van der Waals surface area contributed by atoms with Gasteiger partial charge in [-0.25, -0.2) is 0 Å². The van der Waals surface area contributed by atoms with Crippen LogP contribution in [0.5, 0.6) is 0 Å². The van der Waals surface area contributed by atoms with Gasteiger partial charge in [-0.15, -0.1) is 0 Å². The predicted molar refractivity (Wildman–Crippen MR) is 22.5 cm³/mol. The molecule has 1 aliphatic rings. The highest BCUT2D eigenvalue weighted by Gasteiger charge is 2.59. The molecule has 0 aromatic rings. The largest absolute Gasteiger partial charge is 0.365 e. The molecule has 1 N–H and O–H groups in total. The van der Waals surface area contributed by atoms with Crippen LogP contribution in [0.3, 0.4) is 0 Å². The first-order valence-electron chi connectivity index (χ1n) is 2.46. The Morgan fingerprint density at radius 2 is 1.67 bits per heavy atom. The molecule has 5 heteroatoms. The molecule has 0 spiro atoms. The van der Waals surface area contributed by atoms with Crippen molar-refractivity contribution in [3.8, 4) is 0 Å². The Morgan fingerprint density at radius 3 is 1.78 bits per heavy atom. The second-order valence-electron chi connectivity index (χ2n) is 1.96. The zero-order chi connectivity index (χ0) is 7.12. The minimum atomic E-state index is -3.99. The first-order valence-corrected chi connectivity index (χ1v) is 2.46. The molecule has 54 valence electrons. The molecule has 1 fully saturated rings. The molecule has 0 amide bonds. The van der Waals surface area contributed by atoms with Crippen LogP contribution in [0.2, 0.25) is 0 Å². The number of rotatable bonds is 0. The van der Waals surface area contributed by atoms with Crippen LogP contribution in [0.15, 0.2) is 0 Å². The Kier molecular flexibility index (Phi) is 1.20. The zero-order valence-corrected chi connectivity index (χ0v) is 4.43. The molecule has 0 bridgehead atoms. The van der Waals surface area contributed by atoms with Crippen LogP contribution in [-0.2, 0) is 0 Å². The van der Waals surface area contributed by atoms with Crippen molar-refractivity contribution in [3.05, 3.63) is 0 Å². The molecule has 0 aliphatic carbocycles. The SMILES string of the molecule is FC1(F)CCNC1(F)F. The molecule has 0 aromatic carbocycles. The summed E-state index contributed by atoms with van der Waals surface area (Å²) in [6, 6.07) is -3.99. The van der Waals surface area contributed by atoms with Gasteiger partial charge in [0.2, 0.25) is 0 Å². The molecule has 0 radical (unpaired) electrons. The zero-order valence-electron chi connectivity index (χ0n) is 4.43. The molecule has 1 saturated heterocycles. The Hall–Kier alpha value is -0.320. The van der Waals surface area contributed by atoms with Crippen LogP contribution < -0.4 is 5.32 Å². The van der Waals surface area contributed by atoms with E-state index in [0.29, 0.717) is 0 Å². The Labute approximate surface area is 49.0 Å². The van der Waals surface area contributed by atoms with E-state index in [-0.39, 0.29) is 6.54 Å². The van der Waals surface area contributed by atoms with Gasteiger partial charge in [-0.3, -0.25) is 5.32 Å². The minimum Gasteiger partial charge on any atom is -0.253 e. The van der Waals surface area contributed by atoms with Gasteiger partial charge in [0.15, 0.2) is 0 Å². The highest BCUT2D eigenvalue weighted by molar-refractivity contribution is 4.89. The van der Waals surface area contributed by atoms with Crippen molar-refractivity contribution in [1.82, 2.24) is 5.32 Å². The van der Waals surface area contributed by atoms with Crippen LogP contribution in [0.4, 0.5) is 17.6 Å². The third-order valence-corrected chi connectivity index (χ3v) is 1.25. The van der Waals surface area contributed by atoms with Crippen LogP contribution in [0.1, 0.15) is 6.42 Å². The summed E-state index contributed by atoms with van der Waals surface area (Å²) in [5, 5.41) is 1.40. The van der Waals surface area contributed by atoms with E-state index >= 15 is 0 Å². The summed E-state index contributed by atoms with van der Waals surface area (Å²) in [6.45, 7) is -0.319. The van der Waals surface area contributed by atoms with Gasteiger partial charge in [0, 0.05) is 13.0 Å². The lowest BCUT2D eigenvalue weighted by Crippen LogP contribution is -2.43. The summed E-state index contributed by atoms with van der Waals surface area (Å²) in [7, 11) is 0. The standard InChI is InChI=1S/C4H5F4N/c5-3(6)1-2-9-4(3,7)8/h9H,1-2H2. The summed E-state index contributed by atoms with van der Waals surface area (Å²) in [4.78, 5) is 0. The van der Waals surface area contributed by atoms with Gasteiger partial charge < -0.3 is 0 Å². The van der Waals surface area contributed by atoms with Gasteiger partial charge >= 0.3 is 12.0 Å². The summed E-state index contributed by atoms with van der Waals surface area (Å²) in [6.07, 6.45) is -0.778. The topological polar surface area (TPSA) is 12.0 Å². The van der Waals surface area contributed by atoms with Gasteiger partial charge in [0.25, 0.3) is 0 Å². The molecule has 0 aromatic heterocycles. The van der Waals surface area contributed by atoms with Crippen molar-refractivity contribution in [2.75, 3.05) is 6.54 Å². The van der Waals surface area contributed by atoms with Crippen molar-refractivity contribution in [3.63, 3.8) is 0 Å². The summed E-state index contributed by atoms with van der Waals surface area (Å²) in [5.41, 5.74) is 0. The van der Waals surface area contributed by atoms with Crippen molar-refractivity contribution in [2.24, 2.45) is 0 Å². The van der Waals surface area contributed by atoms with E-state index in [4.69, 9.17) is 0 Å². The smallest absolute Gasteiger partial charge is 0.253 e. The summed E-state index contributed by atoms with van der Waals surface area (Å²) >= 11 is 0. The van der Waals surface area contributed by atoms with Gasteiger partial charge in [0.1, 0.15) is 0 Å². The normalized spacial score (nSPS) is 30.7. The number of alkyl halides is 4. The molecule has 1 heterocycles. The molecular weight excluding hydrogens is 138 g/mol. The lowest BCUT2D eigenvalue weighted by atomic mass is 10.3. The van der Waals surface area contributed by atoms with E-state index in [1.165, 1.54) is 5.32 Å². The van der Waals surface area contributed by atoms with E-state index in [0.717, 1.165) is 0 Å². The van der Waals surface area contributed by atoms with Gasteiger partial charge in [-0.1, -0.05) is 0 Å². The quantitative estimate of drug-likeness (QED) is 0.397. The maximum Gasteiger partial charge on any atom is 0.365 e. The number of hydrogen-bond donors (Lipinski definition) is 1. The molecule has 0 saturated carbocycles. The highest BCUT2D eigenvalue weighted by Crippen LogP contribution is 2.38. The summed E-state index contributed by atoms with van der Waals surface area (Å²) in [5.74, 6) is -3.85. The van der Waals surface area contributed by atoms with E-state index in [9.17, 15) is 17.6 Å². The fourth-order valence-corrected chi connectivity index (χ4v) is 0.663. The van der Waals surface area contributed by atoms with Gasteiger partial charge in [0.05, 0.1) is 0 Å². The lowest BCUT2D eigenvalue weighted by molar-refractivity contribution is -0.197. The third kappa shape index (κ3) is 0.891. The molecule has 1 rings (SSSR count). The number of hydrogen-bond acceptors (Lipinski definition) is 1. The number of nitrogens with one attached hydrogen (secondary N) is 1. The Bertz CT molecular complexity index is 108. The lowest BCUT2D eigenvalue weighted by Gasteiger charge is -2.16. The maximum atomic E-state index is 11.9. The first-order chi connectivity index (χ1) is 3.96. The monoisotopic (exact) mass is 143 g/mol.